The largest absolute Gasteiger partial charge is 0.324 e. The Kier molecular flexibility index (Phi) is 5.36. The molecule has 4 aromatic rings. The lowest BCUT2D eigenvalue weighted by atomic mass is 10.1. The van der Waals surface area contributed by atoms with Gasteiger partial charge in [0.05, 0.1) is 23.0 Å². The van der Waals surface area contributed by atoms with E-state index in [1.54, 1.807) is 35.7 Å². The molecule has 0 bridgehead atoms. The topological polar surface area (TPSA) is 93.1 Å². The summed E-state index contributed by atoms with van der Waals surface area (Å²) in [5.41, 5.74) is 0.636. The number of halogens is 1. The molecule has 7 nitrogen and oxygen atoms in total. The highest BCUT2D eigenvalue weighted by atomic mass is 32.1. The van der Waals surface area contributed by atoms with E-state index in [0.29, 0.717) is 21.6 Å². The summed E-state index contributed by atoms with van der Waals surface area (Å²) < 4.78 is 14.3. The summed E-state index contributed by atoms with van der Waals surface area (Å²) in [6, 6.07) is 13.5. The average molecular weight is 422 g/mol. The molecule has 0 spiro atoms. The van der Waals surface area contributed by atoms with Crippen molar-refractivity contribution in [3.8, 4) is 0 Å². The van der Waals surface area contributed by atoms with Gasteiger partial charge in [0.15, 0.2) is 0 Å². The van der Waals surface area contributed by atoms with Crippen LogP contribution in [0.4, 0.5) is 15.8 Å². The predicted molar refractivity (Wildman–Crippen MR) is 113 cm³/mol. The van der Waals surface area contributed by atoms with Crippen LogP contribution in [0.5, 0.6) is 0 Å². The van der Waals surface area contributed by atoms with Crippen LogP contribution < -0.4 is 16.2 Å². The number of fused-ring (bicyclic) bond motifs is 1. The third-order valence-electron chi connectivity index (χ3n) is 4.31. The zero-order valence-electron chi connectivity index (χ0n) is 15.5. The lowest BCUT2D eigenvalue weighted by Crippen LogP contribution is -2.28. The highest BCUT2D eigenvalue weighted by molar-refractivity contribution is 7.16. The first-order valence-corrected chi connectivity index (χ1v) is 9.77. The molecule has 2 N–H and O–H groups in total. The van der Waals surface area contributed by atoms with Crippen LogP contribution in [-0.4, -0.2) is 21.4 Å². The van der Waals surface area contributed by atoms with Crippen molar-refractivity contribution in [3.63, 3.8) is 0 Å². The molecule has 0 saturated carbocycles. The number of amides is 2. The second-order valence-electron chi connectivity index (χ2n) is 6.37. The molecule has 150 valence electrons. The molecule has 9 heteroatoms. The quantitative estimate of drug-likeness (QED) is 0.515. The Morgan fingerprint density at radius 1 is 1.03 bits per heavy atom. The van der Waals surface area contributed by atoms with Gasteiger partial charge in [-0.05, 0) is 47.8 Å². The number of para-hydroxylation sites is 1. The molecule has 2 aromatic heterocycles. The molecule has 0 aliphatic carbocycles. The van der Waals surface area contributed by atoms with E-state index in [9.17, 15) is 18.8 Å². The fraction of sp³-hybridized carbons (Fsp3) is 0.0476. The van der Waals surface area contributed by atoms with Crippen molar-refractivity contribution in [1.29, 1.82) is 0 Å². The number of rotatable bonds is 5. The number of carbonyl (C=O) groups is 2. The first kappa shape index (κ1) is 19.5. The van der Waals surface area contributed by atoms with E-state index in [4.69, 9.17) is 0 Å². The van der Waals surface area contributed by atoms with Gasteiger partial charge in [0.1, 0.15) is 17.2 Å². The maximum absolute atomic E-state index is 13.0. The summed E-state index contributed by atoms with van der Waals surface area (Å²) in [5.74, 6) is -1.35. The van der Waals surface area contributed by atoms with E-state index in [1.165, 1.54) is 46.5 Å². The van der Waals surface area contributed by atoms with E-state index >= 15 is 0 Å². The van der Waals surface area contributed by atoms with Crippen molar-refractivity contribution in [3.05, 3.63) is 88.0 Å². The van der Waals surface area contributed by atoms with Crippen LogP contribution in [0.25, 0.3) is 10.2 Å². The van der Waals surface area contributed by atoms with Gasteiger partial charge in [0, 0.05) is 5.69 Å². The highest BCUT2D eigenvalue weighted by Crippen LogP contribution is 2.18. The molecule has 0 atom stereocenters. The van der Waals surface area contributed by atoms with Crippen LogP contribution in [0.2, 0.25) is 0 Å². The summed E-state index contributed by atoms with van der Waals surface area (Å²) >= 11 is 1.35. The number of nitrogens with zero attached hydrogens (tertiary/aromatic N) is 2. The third-order valence-corrected chi connectivity index (χ3v) is 5.13. The summed E-state index contributed by atoms with van der Waals surface area (Å²) in [4.78, 5) is 42.3. The minimum Gasteiger partial charge on any atom is -0.324 e. The Hall–Kier alpha value is -3.85. The Labute approximate surface area is 173 Å². The van der Waals surface area contributed by atoms with Gasteiger partial charge >= 0.3 is 0 Å². The third kappa shape index (κ3) is 4.11. The van der Waals surface area contributed by atoms with Gasteiger partial charge in [0.2, 0.25) is 5.91 Å². The number of hydrogen-bond donors (Lipinski definition) is 2. The van der Waals surface area contributed by atoms with Gasteiger partial charge in [-0.2, -0.15) is 0 Å². The number of hydrogen-bond acceptors (Lipinski definition) is 5. The predicted octanol–water partition coefficient (Wildman–Crippen LogP) is 3.49. The fourth-order valence-corrected chi connectivity index (χ4v) is 3.60. The molecular weight excluding hydrogens is 407 g/mol. The fourth-order valence-electron chi connectivity index (χ4n) is 2.87. The summed E-state index contributed by atoms with van der Waals surface area (Å²) in [5, 5.41) is 7.53. The van der Waals surface area contributed by atoms with Gasteiger partial charge in [0.25, 0.3) is 11.5 Å². The maximum atomic E-state index is 13.0. The van der Waals surface area contributed by atoms with Crippen LogP contribution >= 0.6 is 11.3 Å². The van der Waals surface area contributed by atoms with Crippen LogP contribution in [0.3, 0.4) is 0 Å². The second kappa shape index (κ2) is 8.26. The van der Waals surface area contributed by atoms with Gasteiger partial charge in [-0.15, -0.1) is 11.3 Å². The van der Waals surface area contributed by atoms with Crippen molar-refractivity contribution in [2.24, 2.45) is 0 Å². The molecular formula is C21H15FN4O3S. The van der Waals surface area contributed by atoms with Crippen molar-refractivity contribution in [1.82, 2.24) is 9.55 Å². The zero-order valence-corrected chi connectivity index (χ0v) is 16.3. The molecule has 2 heterocycles. The van der Waals surface area contributed by atoms with Crippen LogP contribution in [0, 0.1) is 5.82 Å². The van der Waals surface area contributed by atoms with Crippen LogP contribution in [0.1, 0.15) is 10.4 Å². The number of thiophene rings is 1. The number of benzene rings is 2. The van der Waals surface area contributed by atoms with Gasteiger partial charge in [-0.3, -0.25) is 19.0 Å². The molecule has 0 unspecified atom stereocenters. The van der Waals surface area contributed by atoms with Crippen molar-refractivity contribution in [2.75, 3.05) is 10.6 Å². The average Bonchev–Trinajstić information content (AvgIpc) is 3.22. The standard InChI is InChI=1S/C21H15FN4O3S/c22-13-5-7-14(8-6-13)24-19(28)15-3-1-2-4-17(15)25-18(27)11-26-12-23-20-16(21(26)29)9-10-30-20/h1-10,12H,11H2,(H,24,28)(H,25,27). The molecule has 0 aliphatic heterocycles. The van der Waals surface area contributed by atoms with Gasteiger partial charge in [-0.25, -0.2) is 9.37 Å². The van der Waals surface area contributed by atoms with E-state index in [2.05, 4.69) is 15.6 Å². The molecule has 2 aromatic carbocycles. The Morgan fingerprint density at radius 2 is 1.80 bits per heavy atom. The molecule has 0 aliphatic rings. The molecule has 0 saturated heterocycles. The molecule has 0 radical (unpaired) electrons. The first-order valence-electron chi connectivity index (χ1n) is 8.90. The van der Waals surface area contributed by atoms with Crippen molar-refractivity contribution >= 4 is 44.7 Å². The van der Waals surface area contributed by atoms with E-state index < -0.39 is 17.6 Å². The van der Waals surface area contributed by atoms with Crippen molar-refractivity contribution < 1.29 is 14.0 Å². The summed E-state index contributed by atoms with van der Waals surface area (Å²) in [7, 11) is 0. The SMILES string of the molecule is O=C(Cn1cnc2sccc2c1=O)Nc1ccccc1C(=O)Nc1ccc(F)cc1. The molecule has 30 heavy (non-hydrogen) atoms. The number of aromatic nitrogens is 2. The minimum absolute atomic E-state index is 0.230. The van der Waals surface area contributed by atoms with E-state index in [1.807, 2.05) is 0 Å². The number of carbonyl (C=O) groups excluding carboxylic acids is 2. The lowest BCUT2D eigenvalue weighted by molar-refractivity contribution is -0.116. The Bertz CT molecular complexity index is 1300. The molecule has 4 rings (SSSR count). The minimum atomic E-state index is -0.476. The van der Waals surface area contributed by atoms with Crippen LogP contribution in [-0.2, 0) is 11.3 Å². The lowest BCUT2D eigenvalue weighted by Gasteiger charge is -2.12. The second-order valence-corrected chi connectivity index (χ2v) is 7.27. The smallest absolute Gasteiger partial charge is 0.262 e. The van der Waals surface area contributed by atoms with E-state index in [-0.39, 0.29) is 17.7 Å². The van der Waals surface area contributed by atoms with Crippen molar-refractivity contribution in [2.45, 2.75) is 6.54 Å². The van der Waals surface area contributed by atoms with Gasteiger partial charge < -0.3 is 10.6 Å². The first-order chi connectivity index (χ1) is 14.5. The number of nitrogens with one attached hydrogen (secondary N) is 2. The highest BCUT2D eigenvalue weighted by Gasteiger charge is 2.15. The summed E-state index contributed by atoms with van der Waals surface area (Å²) in [6.45, 7) is -0.245. The Balaban J connectivity index is 1.51. The van der Waals surface area contributed by atoms with Crippen LogP contribution in [0.15, 0.2) is 71.1 Å². The zero-order chi connectivity index (χ0) is 21.1. The normalized spacial score (nSPS) is 10.7. The van der Waals surface area contributed by atoms with E-state index in [0.717, 1.165) is 0 Å². The summed E-state index contributed by atoms with van der Waals surface area (Å²) in [6.07, 6.45) is 1.33. The maximum Gasteiger partial charge on any atom is 0.262 e. The monoisotopic (exact) mass is 422 g/mol. The number of anilines is 2. The molecule has 2 amide bonds. The van der Waals surface area contributed by atoms with Gasteiger partial charge in [-0.1, -0.05) is 12.1 Å². The Morgan fingerprint density at radius 3 is 2.60 bits per heavy atom. The molecule has 0 fully saturated rings.